The molecule has 0 aliphatic carbocycles. The average Bonchev–Trinajstić information content (AvgIpc) is 1.70. The SMILES string of the molecule is N#C[S-].N#C[S-].N#C[S-].O.O.O.O.O.O.[Y+3]. The molecule has 12 N–H and O–H groups in total. The smallest absolute Gasteiger partial charge is 0.696 e. The van der Waals surface area contributed by atoms with Crippen molar-refractivity contribution in [3.63, 3.8) is 0 Å². The van der Waals surface area contributed by atoms with Crippen LogP contribution in [0.15, 0.2) is 0 Å². The molecule has 9 nitrogen and oxygen atoms in total. The monoisotopic (exact) mass is 371 g/mol. The molecule has 0 unspecified atom stereocenters. The van der Waals surface area contributed by atoms with E-state index < -0.39 is 0 Å². The summed E-state index contributed by atoms with van der Waals surface area (Å²) in [4.78, 5) is 0. The Morgan fingerprint density at radius 2 is 0.500 bits per heavy atom. The molecule has 0 saturated carbocycles. The van der Waals surface area contributed by atoms with Gasteiger partial charge in [0.2, 0.25) is 0 Å². The van der Waals surface area contributed by atoms with E-state index in [0.717, 1.165) is 0 Å². The number of hydrogen-bond acceptors (Lipinski definition) is 6. The summed E-state index contributed by atoms with van der Waals surface area (Å²) < 4.78 is 0. The maximum atomic E-state index is 7.13. The average molecular weight is 371 g/mol. The van der Waals surface area contributed by atoms with Gasteiger partial charge >= 0.3 is 32.7 Å². The van der Waals surface area contributed by atoms with Crippen LogP contribution in [0.2, 0.25) is 0 Å². The van der Waals surface area contributed by atoms with Gasteiger partial charge in [0.1, 0.15) is 0 Å². The molecule has 0 heterocycles. The molecule has 0 saturated heterocycles. The number of thiocyanates is 3. The first-order valence-electron chi connectivity index (χ1n) is 1.28. The van der Waals surface area contributed by atoms with Gasteiger partial charge < -0.3 is 70.7 Å². The number of rotatable bonds is 0. The molecular formula is C3H12N3O6S3Y. The van der Waals surface area contributed by atoms with Crippen molar-refractivity contribution >= 4 is 37.9 Å². The number of nitriles is 3. The van der Waals surface area contributed by atoms with Crippen molar-refractivity contribution < 1.29 is 65.6 Å². The van der Waals surface area contributed by atoms with Crippen LogP contribution in [0.5, 0.6) is 0 Å². The number of nitrogens with zero attached hydrogens (tertiary/aromatic N) is 3. The van der Waals surface area contributed by atoms with Crippen molar-refractivity contribution in [3.8, 4) is 16.2 Å². The molecule has 13 heteroatoms. The topological polar surface area (TPSA) is 260 Å². The van der Waals surface area contributed by atoms with E-state index >= 15 is 0 Å². The molecule has 96 valence electrons. The molecule has 0 aromatic rings. The zero-order chi connectivity index (χ0) is 8.12. The zero-order valence-electron chi connectivity index (χ0n) is 7.64. The quantitative estimate of drug-likeness (QED) is 0.297. The van der Waals surface area contributed by atoms with E-state index in [1.54, 1.807) is 0 Å². The molecule has 0 amide bonds. The van der Waals surface area contributed by atoms with Gasteiger partial charge in [-0.25, -0.2) is 15.8 Å². The second kappa shape index (κ2) is 328. The molecule has 0 aliphatic rings. The molecule has 0 radical (unpaired) electrons. The summed E-state index contributed by atoms with van der Waals surface area (Å²) in [6.45, 7) is 0. The Balaban J connectivity index is -0.00000000346. The Labute approximate surface area is 134 Å². The van der Waals surface area contributed by atoms with Crippen LogP contribution < -0.4 is 0 Å². The molecular weight excluding hydrogens is 359 g/mol. The van der Waals surface area contributed by atoms with E-state index in [-0.39, 0.29) is 65.6 Å². The Morgan fingerprint density at radius 1 is 0.500 bits per heavy atom. The van der Waals surface area contributed by atoms with Crippen molar-refractivity contribution in [1.82, 2.24) is 0 Å². The van der Waals surface area contributed by atoms with Crippen LogP contribution in [0.3, 0.4) is 0 Å². The van der Waals surface area contributed by atoms with Gasteiger partial charge in [0.25, 0.3) is 0 Å². The molecule has 0 rings (SSSR count). The summed E-state index contributed by atoms with van der Waals surface area (Å²) in [5, 5.41) is 25.4. The Kier molecular flexibility index (Phi) is 2050. The fourth-order valence-electron chi connectivity index (χ4n) is 0. The van der Waals surface area contributed by atoms with E-state index in [4.69, 9.17) is 15.8 Å². The third-order valence-corrected chi connectivity index (χ3v) is 0. The molecule has 0 aliphatic heterocycles. The first kappa shape index (κ1) is 100. The normalized spacial score (nSPS) is 1.31. The van der Waals surface area contributed by atoms with Crippen molar-refractivity contribution in [2.45, 2.75) is 0 Å². The molecule has 0 spiro atoms. The van der Waals surface area contributed by atoms with Gasteiger partial charge in [0.05, 0.1) is 0 Å². The van der Waals surface area contributed by atoms with E-state index in [0.29, 0.717) is 0 Å². The predicted octanol–water partition coefficient (Wildman–Crippen LogP) is -4.91. The van der Waals surface area contributed by atoms with Gasteiger partial charge in [-0.1, -0.05) is 16.2 Å². The summed E-state index contributed by atoms with van der Waals surface area (Å²) in [6.07, 6.45) is 0. The van der Waals surface area contributed by atoms with Crippen LogP contribution in [0, 0.1) is 32.0 Å². The van der Waals surface area contributed by atoms with Crippen LogP contribution in [-0.2, 0) is 70.6 Å². The molecule has 0 aromatic carbocycles. The summed E-state index contributed by atoms with van der Waals surface area (Å²) >= 11 is 11.1. The van der Waals surface area contributed by atoms with E-state index in [1.165, 1.54) is 16.2 Å². The molecule has 16 heavy (non-hydrogen) atoms. The zero-order valence-corrected chi connectivity index (χ0v) is 12.9. The first-order chi connectivity index (χ1) is 4.24. The van der Waals surface area contributed by atoms with Crippen molar-refractivity contribution in [2.75, 3.05) is 0 Å². The third-order valence-electron chi connectivity index (χ3n) is 0. The van der Waals surface area contributed by atoms with E-state index in [1.807, 2.05) is 0 Å². The van der Waals surface area contributed by atoms with Gasteiger partial charge in [-0.2, -0.15) is 0 Å². The summed E-state index contributed by atoms with van der Waals surface area (Å²) in [5.41, 5.74) is 0. The standard InChI is InChI=1S/3CHNS.6H2O.Y/c3*2-1-3;;;;;;;/h3*3H;6*1H2;/q;;;;;;;;;+3/p-3. The molecule has 0 fully saturated rings. The maximum absolute atomic E-state index is 7.13. The molecule has 0 atom stereocenters. The summed E-state index contributed by atoms with van der Waals surface area (Å²) in [7, 11) is 0. The predicted molar refractivity (Wildman–Crippen MR) is 60.6 cm³/mol. The van der Waals surface area contributed by atoms with Crippen molar-refractivity contribution in [3.05, 3.63) is 0 Å². The second-order valence-electron chi connectivity index (χ2n) is 0.274. The summed E-state index contributed by atoms with van der Waals surface area (Å²) in [6, 6.07) is 0. The van der Waals surface area contributed by atoms with Gasteiger partial charge in [-0.15, -0.1) is 0 Å². The van der Waals surface area contributed by atoms with Crippen LogP contribution in [0.4, 0.5) is 0 Å². The first-order valence-corrected chi connectivity index (χ1v) is 2.51. The van der Waals surface area contributed by atoms with Crippen molar-refractivity contribution in [1.29, 1.82) is 15.8 Å². The minimum absolute atomic E-state index is 0. The van der Waals surface area contributed by atoms with Crippen LogP contribution in [0.25, 0.3) is 0 Å². The minimum Gasteiger partial charge on any atom is -0.696 e. The number of hydrogen-bond donors (Lipinski definition) is 0. The molecule has 0 aromatic heterocycles. The van der Waals surface area contributed by atoms with Gasteiger partial charge in [-0.05, 0) is 0 Å². The fraction of sp³-hybridized carbons (Fsp3) is 0. The second-order valence-corrected chi connectivity index (χ2v) is 0.822. The molecule has 0 bridgehead atoms. The fourth-order valence-corrected chi connectivity index (χ4v) is 0. The van der Waals surface area contributed by atoms with E-state index in [2.05, 4.69) is 37.9 Å². The maximum Gasteiger partial charge on any atom is 3.00 e. The van der Waals surface area contributed by atoms with Crippen LogP contribution in [0.1, 0.15) is 0 Å². The third kappa shape index (κ3) is 63400000. The van der Waals surface area contributed by atoms with Crippen LogP contribution >= 0.6 is 0 Å². The Hall–Kier alpha value is -0.00610. The minimum atomic E-state index is 0. The van der Waals surface area contributed by atoms with E-state index in [9.17, 15) is 0 Å². The van der Waals surface area contributed by atoms with Gasteiger partial charge in [-0.3, -0.25) is 0 Å². The Morgan fingerprint density at radius 3 is 0.500 bits per heavy atom. The van der Waals surface area contributed by atoms with Crippen LogP contribution in [-0.4, -0.2) is 32.9 Å². The Bertz CT molecular complexity index is 127. The summed E-state index contributed by atoms with van der Waals surface area (Å²) in [5.74, 6) is 0. The largest absolute Gasteiger partial charge is 3.00 e. The van der Waals surface area contributed by atoms with Gasteiger partial charge in [0.15, 0.2) is 0 Å². The van der Waals surface area contributed by atoms with Gasteiger partial charge in [0, 0.05) is 0 Å². The van der Waals surface area contributed by atoms with Crippen molar-refractivity contribution in [2.24, 2.45) is 0 Å².